The Labute approximate surface area is 142 Å². The normalized spacial score (nSPS) is 18.3. The fraction of sp³-hybridized carbons (Fsp3) is 0.714. The number of carbonyl (C=O) groups excluding carboxylic acids is 1. The number of thiazole rings is 1. The first-order valence-corrected chi connectivity index (χ1v) is 8.02. The summed E-state index contributed by atoms with van der Waals surface area (Å²) in [4.78, 5) is 16.5. The fourth-order valence-corrected chi connectivity index (χ4v) is 3.20. The first-order chi connectivity index (χ1) is 9.22. The molecule has 0 bridgehead atoms. The largest absolute Gasteiger partial charge is 0.345 e. The monoisotopic (exact) mass is 351 g/mol. The van der Waals surface area contributed by atoms with Crippen LogP contribution in [0.15, 0.2) is 5.38 Å². The van der Waals surface area contributed by atoms with Crippen LogP contribution in [0.3, 0.4) is 0 Å². The highest BCUT2D eigenvalue weighted by atomic mass is 35.5. The van der Waals surface area contributed by atoms with E-state index in [-0.39, 0.29) is 36.8 Å². The van der Waals surface area contributed by atoms with Crippen LogP contribution in [0, 0.1) is 18.8 Å². The van der Waals surface area contributed by atoms with Gasteiger partial charge < -0.3 is 10.6 Å². The van der Waals surface area contributed by atoms with E-state index in [2.05, 4.69) is 21.0 Å². The van der Waals surface area contributed by atoms with Gasteiger partial charge in [0.05, 0.1) is 12.6 Å². The molecule has 1 aromatic rings. The average Bonchev–Trinajstić information content (AvgIpc) is 3.27. The van der Waals surface area contributed by atoms with Crippen LogP contribution in [-0.4, -0.2) is 24.0 Å². The molecule has 2 saturated carbocycles. The molecule has 1 heterocycles. The van der Waals surface area contributed by atoms with Gasteiger partial charge >= 0.3 is 0 Å². The van der Waals surface area contributed by atoms with E-state index < -0.39 is 0 Å². The zero-order valence-electron chi connectivity index (χ0n) is 12.1. The number of halogens is 2. The highest BCUT2D eigenvalue weighted by Gasteiger charge is 2.35. The van der Waals surface area contributed by atoms with Gasteiger partial charge in [0, 0.05) is 11.1 Å². The first kappa shape index (κ1) is 18.7. The maximum absolute atomic E-state index is 12.0. The summed E-state index contributed by atoms with van der Waals surface area (Å²) >= 11 is 1.66. The molecule has 120 valence electrons. The number of aryl methyl sites for hydroxylation is 1. The molecule has 1 amide bonds. The SMILES string of the molecule is Cc1csc(C(NC(=O)CNCC2CC2)C2CC2)n1.Cl.Cl. The van der Waals surface area contributed by atoms with Crippen LogP contribution in [0.2, 0.25) is 0 Å². The molecule has 2 fully saturated rings. The van der Waals surface area contributed by atoms with Gasteiger partial charge in [-0.1, -0.05) is 0 Å². The maximum Gasteiger partial charge on any atom is 0.234 e. The molecule has 0 spiro atoms. The third-order valence-electron chi connectivity index (χ3n) is 3.73. The summed E-state index contributed by atoms with van der Waals surface area (Å²) in [6, 6.07) is 0.133. The van der Waals surface area contributed by atoms with Crippen LogP contribution < -0.4 is 10.6 Å². The Bertz CT molecular complexity index is 461. The van der Waals surface area contributed by atoms with E-state index in [0.29, 0.717) is 12.5 Å². The second kappa shape index (κ2) is 8.32. The average molecular weight is 352 g/mol. The van der Waals surface area contributed by atoms with Crippen molar-refractivity contribution in [2.24, 2.45) is 11.8 Å². The summed E-state index contributed by atoms with van der Waals surface area (Å²) in [6.45, 7) is 3.42. The van der Waals surface area contributed by atoms with E-state index in [4.69, 9.17) is 0 Å². The summed E-state index contributed by atoms with van der Waals surface area (Å²) in [7, 11) is 0. The molecule has 0 saturated heterocycles. The van der Waals surface area contributed by atoms with E-state index in [1.165, 1.54) is 25.7 Å². The van der Waals surface area contributed by atoms with Crippen LogP contribution in [0.25, 0.3) is 0 Å². The zero-order chi connectivity index (χ0) is 13.2. The predicted octanol–water partition coefficient (Wildman–Crippen LogP) is 2.86. The second-order valence-corrected chi connectivity index (χ2v) is 6.67. The number of hydrogen-bond donors (Lipinski definition) is 2. The summed E-state index contributed by atoms with van der Waals surface area (Å²) in [6.07, 6.45) is 5.05. The highest BCUT2D eigenvalue weighted by Crippen LogP contribution is 2.41. The number of rotatable bonds is 7. The molecule has 1 atom stereocenters. The van der Waals surface area contributed by atoms with Crippen LogP contribution in [0.4, 0.5) is 0 Å². The number of hydrogen-bond acceptors (Lipinski definition) is 4. The van der Waals surface area contributed by atoms with Crippen LogP contribution in [0.5, 0.6) is 0 Å². The van der Waals surface area contributed by atoms with Gasteiger partial charge in [-0.15, -0.1) is 36.2 Å². The van der Waals surface area contributed by atoms with Crippen molar-refractivity contribution in [3.63, 3.8) is 0 Å². The van der Waals surface area contributed by atoms with Crippen molar-refractivity contribution >= 4 is 42.1 Å². The van der Waals surface area contributed by atoms with Gasteiger partial charge in [0.2, 0.25) is 5.91 Å². The van der Waals surface area contributed by atoms with Crippen molar-refractivity contribution in [3.05, 3.63) is 16.1 Å². The number of amides is 1. The second-order valence-electron chi connectivity index (χ2n) is 5.78. The molecule has 7 heteroatoms. The molecule has 21 heavy (non-hydrogen) atoms. The van der Waals surface area contributed by atoms with Gasteiger partial charge in [-0.25, -0.2) is 4.98 Å². The van der Waals surface area contributed by atoms with Crippen molar-refractivity contribution in [3.8, 4) is 0 Å². The molecular weight excluding hydrogens is 329 g/mol. The Morgan fingerprint density at radius 1 is 1.38 bits per heavy atom. The van der Waals surface area contributed by atoms with Gasteiger partial charge in [0.1, 0.15) is 5.01 Å². The van der Waals surface area contributed by atoms with Crippen molar-refractivity contribution in [1.29, 1.82) is 0 Å². The molecule has 1 aromatic heterocycles. The van der Waals surface area contributed by atoms with E-state index in [0.717, 1.165) is 23.2 Å². The third-order valence-corrected chi connectivity index (χ3v) is 4.77. The Morgan fingerprint density at radius 3 is 2.62 bits per heavy atom. The molecular formula is C14H23Cl2N3OS. The lowest BCUT2D eigenvalue weighted by atomic mass is 10.2. The van der Waals surface area contributed by atoms with E-state index in [9.17, 15) is 4.79 Å². The van der Waals surface area contributed by atoms with Gasteiger partial charge in [-0.3, -0.25) is 4.79 Å². The van der Waals surface area contributed by atoms with Crippen molar-refractivity contribution in [2.45, 2.75) is 38.6 Å². The Kier molecular flexibility index (Phi) is 7.40. The summed E-state index contributed by atoms with van der Waals surface area (Å²) < 4.78 is 0. The van der Waals surface area contributed by atoms with Gasteiger partial charge in [0.15, 0.2) is 0 Å². The lowest BCUT2D eigenvalue weighted by Gasteiger charge is -2.16. The molecule has 0 aliphatic heterocycles. The lowest BCUT2D eigenvalue weighted by Crippen LogP contribution is -2.37. The van der Waals surface area contributed by atoms with Crippen molar-refractivity contribution in [2.75, 3.05) is 13.1 Å². The molecule has 2 N–H and O–H groups in total. The molecule has 2 aliphatic rings. The molecule has 3 rings (SSSR count). The first-order valence-electron chi connectivity index (χ1n) is 7.14. The van der Waals surface area contributed by atoms with Crippen LogP contribution >= 0.6 is 36.2 Å². The number of nitrogens with one attached hydrogen (secondary N) is 2. The minimum Gasteiger partial charge on any atom is -0.345 e. The van der Waals surface area contributed by atoms with Gasteiger partial charge in [-0.05, 0) is 51.0 Å². The zero-order valence-corrected chi connectivity index (χ0v) is 14.6. The predicted molar refractivity (Wildman–Crippen MR) is 90.5 cm³/mol. The molecule has 1 unspecified atom stereocenters. The maximum atomic E-state index is 12.0. The van der Waals surface area contributed by atoms with Gasteiger partial charge in [-0.2, -0.15) is 0 Å². The Balaban J connectivity index is 0.00000110. The van der Waals surface area contributed by atoms with E-state index in [1.54, 1.807) is 11.3 Å². The quantitative estimate of drug-likeness (QED) is 0.793. The molecule has 4 nitrogen and oxygen atoms in total. The minimum absolute atomic E-state index is 0. The van der Waals surface area contributed by atoms with E-state index >= 15 is 0 Å². The molecule has 0 aromatic carbocycles. The van der Waals surface area contributed by atoms with Gasteiger partial charge in [0.25, 0.3) is 0 Å². The summed E-state index contributed by atoms with van der Waals surface area (Å²) in [5.74, 6) is 1.51. The third kappa shape index (κ3) is 5.74. The summed E-state index contributed by atoms with van der Waals surface area (Å²) in [5.41, 5.74) is 1.05. The smallest absolute Gasteiger partial charge is 0.234 e. The van der Waals surface area contributed by atoms with Crippen molar-refractivity contribution in [1.82, 2.24) is 15.6 Å². The molecule has 2 aliphatic carbocycles. The number of nitrogens with zero attached hydrogens (tertiary/aromatic N) is 1. The molecule has 0 radical (unpaired) electrons. The number of aromatic nitrogens is 1. The highest BCUT2D eigenvalue weighted by molar-refractivity contribution is 7.09. The lowest BCUT2D eigenvalue weighted by molar-refractivity contribution is -0.121. The topological polar surface area (TPSA) is 54.0 Å². The summed E-state index contributed by atoms with van der Waals surface area (Å²) in [5, 5.41) is 9.51. The minimum atomic E-state index is 0. The Hall–Kier alpha value is -0.360. The van der Waals surface area contributed by atoms with Crippen molar-refractivity contribution < 1.29 is 4.79 Å². The Morgan fingerprint density at radius 2 is 2.10 bits per heavy atom. The fourth-order valence-electron chi connectivity index (χ4n) is 2.26. The standard InChI is InChI=1S/C14H21N3OS.2ClH/c1-9-8-19-14(16-9)13(11-4-5-11)17-12(18)7-15-6-10-2-3-10;;/h8,10-11,13,15H,2-7H2,1H3,(H,17,18);2*1H. The van der Waals surface area contributed by atoms with Crippen LogP contribution in [-0.2, 0) is 4.79 Å². The van der Waals surface area contributed by atoms with Crippen LogP contribution in [0.1, 0.15) is 42.4 Å². The van der Waals surface area contributed by atoms with E-state index in [1.807, 2.05) is 6.92 Å². The number of carbonyl (C=O) groups is 1.